The lowest BCUT2D eigenvalue weighted by Crippen LogP contribution is -2.29. The average Bonchev–Trinajstić information content (AvgIpc) is 2.84. The van der Waals surface area contributed by atoms with Gasteiger partial charge in [0.15, 0.2) is 17.3 Å². The Kier molecular flexibility index (Phi) is 3.39. The van der Waals surface area contributed by atoms with E-state index in [2.05, 4.69) is 10.1 Å². The third-order valence-corrected chi connectivity index (χ3v) is 4.22. The van der Waals surface area contributed by atoms with E-state index >= 15 is 0 Å². The average molecular weight is 341 g/mol. The molecule has 0 spiro atoms. The number of rotatable bonds is 1. The summed E-state index contributed by atoms with van der Waals surface area (Å²) < 4.78 is 6.26. The summed E-state index contributed by atoms with van der Waals surface area (Å²) in [6, 6.07) is 13.7. The third-order valence-electron chi connectivity index (χ3n) is 3.99. The number of ether oxygens (including phenoxy) is 1. The van der Waals surface area contributed by atoms with Gasteiger partial charge in [0.2, 0.25) is 0 Å². The maximum atomic E-state index is 6.26. The van der Waals surface area contributed by atoms with E-state index in [-0.39, 0.29) is 0 Å². The van der Waals surface area contributed by atoms with Crippen LogP contribution in [0.25, 0.3) is 10.9 Å². The summed E-state index contributed by atoms with van der Waals surface area (Å²) >= 11 is 6.14. The van der Waals surface area contributed by atoms with Gasteiger partial charge in [-0.3, -0.25) is 0 Å². The van der Waals surface area contributed by atoms with Crippen LogP contribution in [0.3, 0.4) is 0 Å². The number of nitrogens with one attached hydrogen (secondary N) is 1. The number of H-pyrrole nitrogens is 1. The largest absolute Gasteiger partial charge is 0.452 e. The fraction of sp³-hybridized carbons (Fsp3) is 0.167. The molecule has 0 amide bonds. The Hall–Kier alpha value is -2.66. The van der Waals surface area contributed by atoms with E-state index in [0.29, 0.717) is 5.02 Å². The van der Waals surface area contributed by atoms with Gasteiger partial charge in [0, 0.05) is 31.6 Å². The van der Waals surface area contributed by atoms with Crippen molar-refractivity contribution in [3.8, 4) is 11.5 Å². The number of nitrogens with zero attached hydrogens (tertiary/aromatic N) is 3. The zero-order valence-corrected chi connectivity index (χ0v) is 14.4. The summed E-state index contributed by atoms with van der Waals surface area (Å²) in [6.45, 7) is 0. The molecule has 0 fully saturated rings. The minimum Gasteiger partial charge on any atom is -0.452 e. The second-order valence-electron chi connectivity index (χ2n) is 5.92. The van der Waals surface area contributed by atoms with Crippen LogP contribution in [0.4, 0.5) is 5.69 Å². The van der Waals surface area contributed by atoms with Gasteiger partial charge < -0.3 is 19.6 Å². The number of para-hydroxylation sites is 2. The molecule has 1 N–H and O–H groups in total. The summed E-state index contributed by atoms with van der Waals surface area (Å²) in [5, 5.41) is 8.10. The van der Waals surface area contributed by atoms with Crippen molar-refractivity contribution in [3.05, 3.63) is 53.2 Å². The highest BCUT2D eigenvalue weighted by molar-refractivity contribution is 6.31. The van der Waals surface area contributed by atoms with Crippen molar-refractivity contribution in [1.82, 2.24) is 9.99 Å². The van der Waals surface area contributed by atoms with Crippen LogP contribution in [-0.4, -0.2) is 37.0 Å². The smallest absolute Gasteiger partial charge is 0.180 e. The van der Waals surface area contributed by atoms with Gasteiger partial charge in [-0.1, -0.05) is 23.7 Å². The molecule has 5 nitrogen and oxygen atoms in total. The fourth-order valence-corrected chi connectivity index (χ4v) is 3.10. The normalized spacial score (nSPS) is 15.0. The van der Waals surface area contributed by atoms with Crippen LogP contribution < -0.4 is 9.64 Å². The van der Waals surface area contributed by atoms with E-state index in [1.165, 1.54) is 0 Å². The number of fused-ring (bicyclic) bond motifs is 4. The van der Waals surface area contributed by atoms with Crippen LogP contribution >= 0.6 is 11.6 Å². The Morgan fingerprint density at radius 3 is 2.75 bits per heavy atom. The molecule has 0 unspecified atom stereocenters. The lowest BCUT2D eigenvalue weighted by Gasteiger charge is -2.21. The number of anilines is 1. The molecular weight excluding hydrogens is 324 g/mol. The third kappa shape index (κ3) is 2.29. The molecule has 0 saturated heterocycles. The van der Waals surface area contributed by atoms with Gasteiger partial charge in [-0.2, -0.15) is 5.10 Å². The van der Waals surface area contributed by atoms with Crippen LogP contribution in [0.2, 0.25) is 5.02 Å². The molecule has 122 valence electrons. The van der Waals surface area contributed by atoms with Crippen molar-refractivity contribution in [3.63, 3.8) is 0 Å². The van der Waals surface area contributed by atoms with Crippen LogP contribution in [0, 0.1) is 0 Å². The van der Waals surface area contributed by atoms with E-state index in [1.54, 1.807) is 5.01 Å². The first kappa shape index (κ1) is 14.9. The number of aromatic nitrogens is 1. The Labute approximate surface area is 145 Å². The quantitative estimate of drug-likeness (QED) is 0.672. The number of hydrogen-bond donors (Lipinski definition) is 1. The van der Waals surface area contributed by atoms with Crippen LogP contribution in [0.5, 0.6) is 11.5 Å². The zero-order chi connectivity index (χ0) is 16.8. The molecule has 2 heterocycles. The monoisotopic (exact) mass is 340 g/mol. The van der Waals surface area contributed by atoms with Gasteiger partial charge in [0.05, 0.1) is 11.2 Å². The minimum atomic E-state index is 0.679. The number of benzene rings is 2. The molecule has 0 atom stereocenters. The lowest BCUT2D eigenvalue weighted by atomic mass is 10.2. The molecule has 6 heteroatoms. The fourth-order valence-electron chi connectivity index (χ4n) is 2.93. The number of halogens is 1. The second kappa shape index (κ2) is 5.46. The summed E-state index contributed by atoms with van der Waals surface area (Å²) in [6.07, 6.45) is 0. The first-order valence-electron chi connectivity index (χ1n) is 7.63. The first-order chi connectivity index (χ1) is 11.5. The van der Waals surface area contributed by atoms with E-state index in [4.69, 9.17) is 16.3 Å². The SMILES string of the molecule is CN(C)N=C1c2[nH]c3cc(Cl)ccc3c2Oc2ccccc2N1C. The molecule has 1 aromatic heterocycles. The Bertz CT molecular complexity index is 961. The molecule has 0 radical (unpaired) electrons. The van der Waals surface area contributed by atoms with E-state index < -0.39 is 0 Å². The summed E-state index contributed by atoms with van der Waals surface area (Å²) in [5.74, 6) is 2.34. The van der Waals surface area contributed by atoms with Crippen molar-refractivity contribution in [2.24, 2.45) is 5.10 Å². The molecule has 0 bridgehead atoms. The van der Waals surface area contributed by atoms with Crippen molar-refractivity contribution in [1.29, 1.82) is 0 Å². The highest BCUT2D eigenvalue weighted by Gasteiger charge is 2.28. The number of hydrazone groups is 1. The van der Waals surface area contributed by atoms with Crippen LogP contribution in [-0.2, 0) is 0 Å². The lowest BCUT2D eigenvalue weighted by molar-refractivity contribution is 0.436. The molecule has 4 rings (SSSR count). The minimum absolute atomic E-state index is 0.679. The molecule has 1 aliphatic heterocycles. The van der Waals surface area contributed by atoms with Crippen molar-refractivity contribution >= 4 is 34.0 Å². The zero-order valence-electron chi connectivity index (χ0n) is 13.7. The van der Waals surface area contributed by atoms with Gasteiger partial charge in [-0.15, -0.1) is 0 Å². The Morgan fingerprint density at radius 2 is 1.96 bits per heavy atom. The van der Waals surface area contributed by atoms with E-state index in [0.717, 1.165) is 39.6 Å². The van der Waals surface area contributed by atoms with Crippen molar-refractivity contribution < 1.29 is 4.74 Å². The number of amidine groups is 1. The number of hydrogen-bond acceptors (Lipinski definition) is 3. The molecule has 24 heavy (non-hydrogen) atoms. The van der Waals surface area contributed by atoms with Crippen LogP contribution in [0.1, 0.15) is 5.69 Å². The van der Waals surface area contributed by atoms with Gasteiger partial charge in [-0.05, 0) is 30.3 Å². The maximum absolute atomic E-state index is 6.26. The summed E-state index contributed by atoms with van der Waals surface area (Å²) in [7, 11) is 5.79. The topological polar surface area (TPSA) is 43.9 Å². The molecule has 2 aromatic carbocycles. The Morgan fingerprint density at radius 1 is 1.17 bits per heavy atom. The standard InChI is InChI=1S/C18H17ClN4O/c1-22(2)21-18-16-17(12-9-8-11(19)10-13(12)20-16)24-15-7-5-4-6-14(15)23(18)3/h4-10,20H,1-3H3. The maximum Gasteiger partial charge on any atom is 0.180 e. The van der Waals surface area contributed by atoms with Gasteiger partial charge in [-0.25, -0.2) is 0 Å². The van der Waals surface area contributed by atoms with Gasteiger partial charge in [0.25, 0.3) is 0 Å². The highest BCUT2D eigenvalue weighted by Crippen LogP contribution is 2.42. The summed E-state index contributed by atoms with van der Waals surface area (Å²) in [4.78, 5) is 5.43. The molecular formula is C18H17ClN4O. The van der Waals surface area contributed by atoms with Crippen molar-refractivity contribution in [2.45, 2.75) is 0 Å². The van der Waals surface area contributed by atoms with Crippen molar-refractivity contribution in [2.75, 3.05) is 26.0 Å². The van der Waals surface area contributed by atoms with Crippen LogP contribution in [0.15, 0.2) is 47.6 Å². The molecule has 0 saturated carbocycles. The van der Waals surface area contributed by atoms with E-state index in [1.807, 2.05) is 68.5 Å². The van der Waals surface area contributed by atoms with E-state index in [9.17, 15) is 0 Å². The predicted octanol–water partition coefficient (Wildman–Crippen LogP) is 4.29. The second-order valence-corrected chi connectivity index (χ2v) is 6.36. The summed E-state index contributed by atoms with van der Waals surface area (Å²) in [5.41, 5.74) is 2.72. The highest BCUT2D eigenvalue weighted by atomic mass is 35.5. The first-order valence-corrected chi connectivity index (χ1v) is 8.00. The van der Waals surface area contributed by atoms with Gasteiger partial charge in [0.1, 0.15) is 5.69 Å². The van der Waals surface area contributed by atoms with Gasteiger partial charge >= 0.3 is 0 Å². The Balaban J connectivity index is 2.04. The predicted molar refractivity (Wildman–Crippen MR) is 98.5 cm³/mol. The molecule has 1 aliphatic rings. The molecule has 3 aromatic rings. The molecule has 0 aliphatic carbocycles. The number of aromatic amines is 1.